The summed E-state index contributed by atoms with van der Waals surface area (Å²) in [6.45, 7) is 3.97. The van der Waals surface area contributed by atoms with Crippen molar-refractivity contribution >= 4 is 11.6 Å². The van der Waals surface area contributed by atoms with Crippen LogP contribution < -0.4 is 14.4 Å². The van der Waals surface area contributed by atoms with Gasteiger partial charge in [0.15, 0.2) is 11.5 Å². The second-order valence-corrected chi connectivity index (χ2v) is 7.26. The third kappa shape index (κ3) is 4.57. The predicted molar refractivity (Wildman–Crippen MR) is 111 cm³/mol. The van der Waals surface area contributed by atoms with Crippen LogP contribution in [-0.4, -0.2) is 70.2 Å². The van der Waals surface area contributed by atoms with Gasteiger partial charge in [0.05, 0.1) is 14.2 Å². The van der Waals surface area contributed by atoms with E-state index < -0.39 is 0 Å². The molecular weight excluding hydrogens is 354 g/mol. The first-order valence-electron chi connectivity index (χ1n) is 9.51. The number of benzene rings is 2. The molecule has 0 aliphatic carbocycles. The Morgan fingerprint density at radius 2 is 1.68 bits per heavy atom. The minimum absolute atomic E-state index is 0.0296. The molecule has 6 heteroatoms. The Labute approximate surface area is 167 Å². The van der Waals surface area contributed by atoms with Crippen LogP contribution in [0.4, 0.5) is 5.69 Å². The molecule has 2 aromatic rings. The van der Waals surface area contributed by atoms with Crippen molar-refractivity contribution in [1.29, 1.82) is 0 Å². The summed E-state index contributed by atoms with van der Waals surface area (Å²) in [4.78, 5) is 19.3. The zero-order valence-corrected chi connectivity index (χ0v) is 17.1. The van der Waals surface area contributed by atoms with Crippen LogP contribution >= 0.6 is 0 Å². The van der Waals surface area contributed by atoms with Gasteiger partial charge in [-0.2, -0.15) is 0 Å². The summed E-state index contributed by atoms with van der Waals surface area (Å²) in [7, 11) is 7.32. The van der Waals surface area contributed by atoms with Crippen LogP contribution in [0.2, 0.25) is 0 Å². The molecule has 0 bridgehead atoms. The van der Waals surface area contributed by atoms with Gasteiger partial charge in [-0.1, -0.05) is 12.1 Å². The van der Waals surface area contributed by atoms with Gasteiger partial charge < -0.3 is 24.2 Å². The van der Waals surface area contributed by atoms with Gasteiger partial charge in [0, 0.05) is 44.0 Å². The second-order valence-electron chi connectivity index (χ2n) is 7.26. The Morgan fingerprint density at radius 1 is 0.964 bits per heavy atom. The number of methoxy groups -OCH3 is 2. The fourth-order valence-electron chi connectivity index (χ4n) is 3.54. The van der Waals surface area contributed by atoms with Crippen LogP contribution in [0.5, 0.6) is 11.5 Å². The van der Waals surface area contributed by atoms with Crippen LogP contribution in [0.3, 0.4) is 0 Å². The molecule has 0 N–H and O–H groups in total. The average Bonchev–Trinajstić information content (AvgIpc) is 2.72. The summed E-state index contributed by atoms with van der Waals surface area (Å²) in [5, 5.41) is 0. The molecule has 3 rings (SSSR count). The molecule has 0 spiro atoms. The van der Waals surface area contributed by atoms with E-state index in [4.69, 9.17) is 9.47 Å². The van der Waals surface area contributed by atoms with Gasteiger partial charge in [-0.25, -0.2) is 0 Å². The molecule has 28 heavy (non-hydrogen) atoms. The van der Waals surface area contributed by atoms with Gasteiger partial charge >= 0.3 is 0 Å². The molecule has 1 amide bonds. The molecule has 6 nitrogen and oxygen atoms in total. The molecule has 1 fully saturated rings. The van der Waals surface area contributed by atoms with Gasteiger partial charge in [-0.15, -0.1) is 0 Å². The first kappa shape index (κ1) is 20.0. The summed E-state index contributed by atoms with van der Waals surface area (Å²) in [5.74, 6) is 1.23. The molecule has 2 aromatic carbocycles. The van der Waals surface area contributed by atoms with Crippen molar-refractivity contribution in [3.05, 3.63) is 53.6 Å². The number of ether oxygens (including phenoxy) is 2. The Bertz CT molecular complexity index is 814. The number of anilines is 1. The minimum Gasteiger partial charge on any atom is -0.493 e. The molecule has 0 radical (unpaired) electrons. The molecule has 1 aliphatic heterocycles. The maximum atomic E-state index is 12.9. The Hall–Kier alpha value is -2.73. The number of hydrogen-bond acceptors (Lipinski definition) is 5. The first-order chi connectivity index (χ1) is 13.5. The van der Waals surface area contributed by atoms with Crippen LogP contribution in [-0.2, 0) is 6.54 Å². The van der Waals surface area contributed by atoms with E-state index in [0.717, 1.165) is 19.6 Å². The quantitative estimate of drug-likeness (QED) is 0.768. The van der Waals surface area contributed by atoms with E-state index in [-0.39, 0.29) is 5.91 Å². The number of nitrogens with zero attached hydrogens (tertiary/aromatic N) is 3. The molecular formula is C22H29N3O3. The number of hydrogen-bond donors (Lipinski definition) is 0. The lowest BCUT2D eigenvalue weighted by molar-refractivity contribution is 0.0746. The summed E-state index contributed by atoms with van der Waals surface area (Å²) in [6.07, 6.45) is 0. The summed E-state index contributed by atoms with van der Waals surface area (Å²) in [6, 6.07) is 14.0. The largest absolute Gasteiger partial charge is 0.493 e. The fourth-order valence-corrected chi connectivity index (χ4v) is 3.54. The maximum absolute atomic E-state index is 12.9. The topological polar surface area (TPSA) is 45.2 Å². The van der Waals surface area contributed by atoms with Crippen molar-refractivity contribution in [2.24, 2.45) is 0 Å². The summed E-state index contributed by atoms with van der Waals surface area (Å²) >= 11 is 0. The lowest BCUT2D eigenvalue weighted by Crippen LogP contribution is -2.48. The lowest BCUT2D eigenvalue weighted by Gasteiger charge is -2.36. The van der Waals surface area contributed by atoms with Crippen LogP contribution in [0.25, 0.3) is 0 Å². The zero-order valence-electron chi connectivity index (χ0n) is 17.1. The molecule has 0 unspecified atom stereocenters. The van der Waals surface area contributed by atoms with Crippen LogP contribution in [0.1, 0.15) is 15.9 Å². The van der Waals surface area contributed by atoms with Crippen molar-refractivity contribution in [2.75, 3.05) is 59.4 Å². The Morgan fingerprint density at radius 3 is 2.32 bits per heavy atom. The van der Waals surface area contributed by atoms with E-state index in [1.807, 2.05) is 4.90 Å². The molecule has 0 atom stereocenters. The Kier molecular flexibility index (Phi) is 6.41. The highest BCUT2D eigenvalue weighted by atomic mass is 16.5. The predicted octanol–water partition coefficient (Wildman–Crippen LogP) is 2.73. The molecule has 1 aliphatic rings. The first-order valence-corrected chi connectivity index (χ1v) is 9.51. The number of piperazine rings is 1. The molecule has 150 valence electrons. The minimum atomic E-state index is 0.0296. The normalized spacial score (nSPS) is 14.3. The van der Waals surface area contributed by atoms with E-state index in [9.17, 15) is 4.79 Å². The van der Waals surface area contributed by atoms with E-state index in [1.54, 1.807) is 32.4 Å². The third-order valence-corrected chi connectivity index (χ3v) is 4.97. The number of amides is 1. The van der Waals surface area contributed by atoms with Crippen LogP contribution in [0.15, 0.2) is 42.5 Å². The van der Waals surface area contributed by atoms with Crippen LogP contribution in [0, 0.1) is 0 Å². The highest BCUT2D eigenvalue weighted by Gasteiger charge is 2.23. The van der Waals surface area contributed by atoms with Gasteiger partial charge in [-0.05, 0) is 50.0 Å². The third-order valence-electron chi connectivity index (χ3n) is 4.97. The summed E-state index contributed by atoms with van der Waals surface area (Å²) < 4.78 is 10.6. The van der Waals surface area contributed by atoms with E-state index in [0.29, 0.717) is 30.2 Å². The number of carbonyl (C=O) groups excluding carboxylic acids is 1. The van der Waals surface area contributed by atoms with E-state index >= 15 is 0 Å². The SMILES string of the molecule is COc1ccc(C(=O)N2CCN(c3cccc(CN(C)C)c3)CC2)cc1OC. The van der Waals surface area contributed by atoms with Crippen molar-refractivity contribution in [3.63, 3.8) is 0 Å². The van der Waals surface area contributed by atoms with Crippen molar-refractivity contribution < 1.29 is 14.3 Å². The monoisotopic (exact) mass is 383 g/mol. The standard InChI is InChI=1S/C22H29N3O3/c1-23(2)16-17-6-5-7-19(14-17)24-10-12-25(13-11-24)22(26)18-8-9-20(27-3)21(15-18)28-4/h5-9,14-15H,10-13,16H2,1-4H3. The number of carbonyl (C=O) groups is 1. The highest BCUT2D eigenvalue weighted by Crippen LogP contribution is 2.28. The maximum Gasteiger partial charge on any atom is 0.254 e. The molecule has 1 heterocycles. The van der Waals surface area contributed by atoms with Gasteiger partial charge in [0.2, 0.25) is 0 Å². The lowest BCUT2D eigenvalue weighted by atomic mass is 10.1. The fraction of sp³-hybridized carbons (Fsp3) is 0.409. The Balaban J connectivity index is 1.64. The van der Waals surface area contributed by atoms with Crippen molar-refractivity contribution in [3.8, 4) is 11.5 Å². The highest BCUT2D eigenvalue weighted by molar-refractivity contribution is 5.95. The van der Waals surface area contributed by atoms with Gasteiger partial charge in [0.1, 0.15) is 0 Å². The van der Waals surface area contributed by atoms with Crippen molar-refractivity contribution in [1.82, 2.24) is 9.80 Å². The smallest absolute Gasteiger partial charge is 0.254 e. The average molecular weight is 383 g/mol. The summed E-state index contributed by atoms with van der Waals surface area (Å²) in [5.41, 5.74) is 3.14. The van der Waals surface area contributed by atoms with E-state index in [1.165, 1.54) is 11.3 Å². The van der Waals surface area contributed by atoms with Gasteiger partial charge in [0.25, 0.3) is 5.91 Å². The molecule has 1 saturated heterocycles. The zero-order chi connectivity index (χ0) is 20.1. The molecule has 0 saturated carbocycles. The second kappa shape index (κ2) is 8.97. The van der Waals surface area contributed by atoms with E-state index in [2.05, 4.69) is 48.2 Å². The van der Waals surface area contributed by atoms with Crippen molar-refractivity contribution in [2.45, 2.75) is 6.54 Å². The van der Waals surface area contributed by atoms with Gasteiger partial charge in [-0.3, -0.25) is 4.79 Å². The molecule has 0 aromatic heterocycles. The number of rotatable bonds is 6.